The van der Waals surface area contributed by atoms with Crippen molar-refractivity contribution in [1.29, 1.82) is 5.26 Å². The van der Waals surface area contributed by atoms with Crippen LogP contribution in [-0.2, 0) is 0 Å². The molecule has 0 amide bonds. The number of nitrogens with zero attached hydrogens (tertiary/aromatic N) is 4. The van der Waals surface area contributed by atoms with Crippen LogP contribution in [0.25, 0.3) is 16.9 Å². The third kappa shape index (κ3) is 1.45. The van der Waals surface area contributed by atoms with Gasteiger partial charge in [0.2, 0.25) is 5.95 Å². The topological polar surface area (TPSA) is 54.5 Å². The predicted molar refractivity (Wildman–Crippen MR) is 63.6 cm³/mol. The summed E-state index contributed by atoms with van der Waals surface area (Å²) in [6.45, 7) is 0. The fraction of sp³-hybridized carbons (Fsp3) is 0. The highest BCUT2D eigenvalue weighted by Crippen LogP contribution is 2.21. The van der Waals surface area contributed by atoms with E-state index >= 15 is 0 Å². The monoisotopic (exact) mass is 220 g/mol. The Morgan fingerprint density at radius 1 is 1.06 bits per heavy atom. The molecule has 0 radical (unpaired) electrons. The lowest BCUT2D eigenvalue weighted by molar-refractivity contribution is 0.948. The van der Waals surface area contributed by atoms with Crippen LogP contribution in [0, 0.1) is 11.3 Å². The van der Waals surface area contributed by atoms with Gasteiger partial charge in [-0.25, -0.2) is 9.97 Å². The molecule has 0 aliphatic heterocycles. The normalized spacial score (nSPS) is 10.3. The Balaban J connectivity index is 2.39. The molecule has 3 rings (SSSR count). The molecule has 0 aliphatic carbocycles. The van der Waals surface area contributed by atoms with Gasteiger partial charge in [0.05, 0.1) is 5.52 Å². The highest BCUT2D eigenvalue weighted by Gasteiger charge is 2.10. The second-order valence-electron chi connectivity index (χ2n) is 3.58. The molecule has 17 heavy (non-hydrogen) atoms. The zero-order valence-corrected chi connectivity index (χ0v) is 8.91. The molecule has 0 spiro atoms. The zero-order chi connectivity index (χ0) is 11.7. The fourth-order valence-corrected chi connectivity index (χ4v) is 1.86. The van der Waals surface area contributed by atoms with E-state index in [-0.39, 0.29) is 0 Å². The summed E-state index contributed by atoms with van der Waals surface area (Å²) in [4.78, 5) is 8.36. The van der Waals surface area contributed by atoms with E-state index in [0.717, 1.165) is 10.9 Å². The number of rotatable bonds is 1. The molecule has 0 fully saturated rings. The van der Waals surface area contributed by atoms with Gasteiger partial charge in [0, 0.05) is 17.8 Å². The van der Waals surface area contributed by atoms with Crippen LogP contribution >= 0.6 is 0 Å². The van der Waals surface area contributed by atoms with E-state index in [4.69, 9.17) is 5.26 Å². The summed E-state index contributed by atoms with van der Waals surface area (Å²) in [5.41, 5.74) is 1.48. The number of fused-ring (bicyclic) bond motifs is 1. The van der Waals surface area contributed by atoms with E-state index in [1.807, 2.05) is 30.3 Å². The van der Waals surface area contributed by atoms with Crippen LogP contribution < -0.4 is 0 Å². The van der Waals surface area contributed by atoms with Crippen molar-refractivity contribution in [2.45, 2.75) is 0 Å². The number of para-hydroxylation sites is 1. The average Bonchev–Trinajstić information content (AvgIpc) is 2.78. The number of nitriles is 1. The van der Waals surface area contributed by atoms with Crippen LogP contribution in [0.2, 0.25) is 0 Å². The molecule has 1 aromatic carbocycles. The fourth-order valence-electron chi connectivity index (χ4n) is 1.86. The van der Waals surface area contributed by atoms with E-state index in [1.54, 1.807) is 23.0 Å². The molecule has 0 unspecified atom stereocenters. The Morgan fingerprint density at radius 3 is 2.59 bits per heavy atom. The quantitative estimate of drug-likeness (QED) is 0.632. The van der Waals surface area contributed by atoms with Crippen molar-refractivity contribution in [2.75, 3.05) is 0 Å². The van der Waals surface area contributed by atoms with Gasteiger partial charge in [-0.2, -0.15) is 5.26 Å². The van der Waals surface area contributed by atoms with Gasteiger partial charge >= 0.3 is 0 Å². The predicted octanol–water partition coefficient (Wildman–Crippen LogP) is 2.29. The summed E-state index contributed by atoms with van der Waals surface area (Å²) in [7, 11) is 0. The third-order valence-electron chi connectivity index (χ3n) is 2.58. The first-order valence-electron chi connectivity index (χ1n) is 5.18. The molecule has 0 saturated carbocycles. The van der Waals surface area contributed by atoms with Crippen molar-refractivity contribution in [1.82, 2.24) is 14.5 Å². The summed E-state index contributed by atoms with van der Waals surface area (Å²) in [6, 6.07) is 13.6. The van der Waals surface area contributed by atoms with Gasteiger partial charge in [-0.1, -0.05) is 18.2 Å². The summed E-state index contributed by atoms with van der Waals surface area (Å²) >= 11 is 0. The van der Waals surface area contributed by atoms with E-state index in [1.165, 1.54) is 0 Å². The maximum atomic E-state index is 9.15. The molecule has 4 nitrogen and oxygen atoms in total. The summed E-state index contributed by atoms with van der Waals surface area (Å²) < 4.78 is 1.76. The lowest BCUT2D eigenvalue weighted by Gasteiger charge is -2.03. The number of hydrogen-bond acceptors (Lipinski definition) is 3. The maximum Gasteiger partial charge on any atom is 0.235 e. The number of aromatic nitrogens is 3. The van der Waals surface area contributed by atoms with Gasteiger partial charge in [0.1, 0.15) is 11.8 Å². The molecule has 0 aliphatic rings. The summed E-state index contributed by atoms with van der Waals surface area (Å²) in [5, 5.41) is 10.2. The first-order valence-corrected chi connectivity index (χ1v) is 5.18. The van der Waals surface area contributed by atoms with Gasteiger partial charge in [0.25, 0.3) is 0 Å². The van der Waals surface area contributed by atoms with Crippen LogP contribution in [0.1, 0.15) is 5.69 Å². The van der Waals surface area contributed by atoms with Crippen molar-refractivity contribution in [3.05, 3.63) is 54.5 Å². The van der Waals surface area contributed by atoms with Gasteiger partial charge in [-0.3, -0.25) is 4.57 Å². The molecular formula is C13H8N4. The smallest absolute Gasteiger partial charge is 0.235 e. The summed E-state index contributed by atoms with van der Waals surface area (Å²) in [6.07, 6.45) is 3.33. The molecule has 0 bridgehead atoms. The van der Waals surface area contributed by atoms with Crippen LogP contribution in [0.3, 0.4) is 0 Å². The Morgan fingerprint density at radius 2 is 1.82 bits per heavy atom. The summed E-state index contributed by atoms with van der Waals surface area (Å²) in [5.74, 6) is 0.519. The Kier molecular flexibility index (Phi) is 2.09. The van der Waals surface area contributed by atoms with Crippen molar-refractivity contribution in [2.24, 2.45) is 0 Å². The van der Waals surface area contributed by atoms with Crippen LogP contribution in [-0.4, -0.2) is 14.5 Å². The number of benzene rings is 1. The van der Waals surface area contributed by atoms with E-state index in [9.17, 15) is 0 Å². The van der Waals surface area contributed by atoms with Crippen molar-refractivity contribution in [3.8, 4) is 12.0 Å². The molecule has 4 heteroatoms. The third-order valence-corrected chi connectivity index (χ3v) is 2.58. The highest BCUT2D eigenvalue weighted by molar-refractivity contribution is 5.83. The minimum absolute atomic E-state index is 0.519. The van der Waals surface area contributed by atoms with Gasteiger partial charge in [0.15, 0.2) is 0 Å². The highest BCUT2D eigenvalue weighted by atomic mass is 15.1. The molecule has 0 atom stereocenters. The maximum absolute atomic E-state index is 9.15. The number of hydrogen-bond donors (Lipinski definition) is 0. The Hall–Kier alpha value is -2.67. The first-order chi connectivity index (χ1) is 8.40. The molecule has 0 saturated heterocycles. The lowest BCUT2D eigenvalue weighted by Crippen LogP contribution is -2.01. The molecule has 80 valence electrons. The average molecular weight is 220 g/mol. The first kappa shape index (κ1) is 9.55. The Bertz CT molecular complexity index is 707. The molecule has 0 N–H and O–H groups in total. The van der Waals surface area contributed by atoms with E-state index < -0.39 is 0 Å². The van der Waals surface area contributed by atoms with Crippen molar-refractivity contribution >= 4 is 10.9 Å². The van der Waals surface area contributed by atoms with Crippen LogP contribution in [0.4, 0.5) is 0 Å². The van der Waals surface area contributed by atoms with Crippen LogP contribution in [0.5, 0.6) is 0 Å². The largest absolute Gasteiger partial charge is 0.269 e. The minimum Gasteiger partial charge on any atom is -0.269 e. The molecule has 2 heterocycles. The Labute approximate surface area is 97.8 Å². The standard InChI is InChI=1S/C13H8N4/c14-9-11-8-10-4-1-2-5-12(10)17(11)13-15-6-3-7-16-13/h1-8H. The molecule has 3 aromatic rings. The second kappa shape index (κ2) is 3.72. The molecule has 2 aromatic heterocycles. The van der Waals surface area contributed by atoms with Gasteiger partial charge in [-0.05, 0) is 18.2 Å². The van der Waals surface area contributed by atoms with Crippen LogP contribution in [0.15, 0.2) is 48.8 Å². The SMILES string of the molecule is N#Cc1cc2ccccc2n1-c1ncccn1. The molecular weight excluding hydrogens is 212 g/mol. The van der Waals surface area contributed by atoms with Gasteiger partial charge in [-0.15, -0.1) is 0 Å². The second-order valence-corrected chi connectivity index (χ2v) is 3.58. The minimum atomic E-state index is 0.519. The van der Waals surface area contributed by atoms with Crippen molar-refractivity contribution in [3.63, 3.8) is 0 Å². The van der Waals surface area contributed by atoms with Gasteiger partial charge < -0.3 is 0 Å². The van der Waals surface area contributed by atoms with E-state index in [0.29, 0.717) is 11.6 Å². The lowest BCUT2D eigenvalue weighted by atomic mass is 10.2. The zero-order valence-electron chi connectivity index (χ0n) is 8.91. The van der Waals surface area contributed by atoms with E-state index in [2.05, 4.69) is 16.0 Å². The van der Waals surface area contributed by atoms with Crippen molar-refractivity contribution < 1.29 is 0 Å².